The van der Waals surface area contributed by atoms with Crippen LogP contribution in [0.3, 0.4) is 0 Å². The summed E-state index contributed by atoms with van der Waals surface area (Å²) < 4.78 is 11.8. The third kappa shape index (κ3) is 4.43. The van der Waals surface area contributed by atoms with Gasteiger partial charge in [-0.2, -0.15) is 5.26 Å². The molecule has 0 aliphatic heterocycles. The topological polar surface area (TPSA) is 42.2 Å². The molecule has 0 aromatic heterocycles. The van der Waals surface area contributed by atoms with Crippen molar-refractivity contribution in [1.29, 1.82) is 5.26 Å². The second-order valence-electron chi connectivity index (χ2n) is 6.36. The summed E-state index contributed by atoms with van der Waals surface area (Å²) in [5, 5.41) is 9.15. The zero-order chi connectivity index (χ0) is 18.4. The van der Waals surface area contributed by atoms with Gasteiger partial charge in [0.25, 0.3) is 0 Å². The first-order chi connectivity index (χ1) is 12.7. The quantitative estimate of drug-likeness (QED) is 0.547. The van der Waals surface area contributed by atoms with Gasteiger partial charge in [0.1, 0.15) is 23.9 Å². The Labute approximate surface area is 154 Å². The summed E-state index contributed by atoms with van der Waals surface area (Å²) in [6.07, 6.45) is 0. The molecule has 0 N–H and O–H groups in total. The van der Waals surface area contributed by atoms with E-state index in [4.69, 9.17) is 14.7 Å². The first-order valence-corrected chi connectivity index (χ1v) is 8.64. The van der Waals surface area contributed by atoms with Crippen molar-refractivity contribution < 1.29 is 9.47 Å². The zero-order valence-electron chi connectivity index (χ0n) is 15.0. The number of hydrogen-bond donors (Lipinski definition) is 0. The molecule has 3 nitrogen and oxygen atoms in total. The Kier molecular flexibility index (Phi) is 5.56. The Balaban J connectivity index is 1.67. The summed E-state index contributed by atoms with van der Waals surface area (Å²) >= 11 is 0. The number of ether oxygens (including phenoxy) is 2. The SMILES string of the molecule is CC(C)c1ccc(Oc2cccc(OCc3ccccc3C#N)c2)cc1. The fourth-order valence-electron chi connectivity index (χ4n) is 2.60. The molecule has 0 heterocycles. The maximum atomic E-state index is 9.15. The summed E-state index contributed by atoms with van der Waals surface area (Å²) in [4.78, 5) is 0. The van der Waals surface area contributed by atoms with E-state index in [1.54, 1.807) is 6.07 Å². The van der Waals surface area contributed by atoms with Crippen molar-refractivity contribution in [1.82, 2.24) is 0 Å². The minimum atomic E-state index is 0.344. The van der Waals surface area contributed by atoms with Gasteiger partial charge >= 0.3 is 0 Å². The van der Waals surface area contributed by atoms with Crippen LogP contribution in [0.15, 0.2) is 72.8 Å². The Bertz CT molecular complexity index is 908. The Morgan fingerprint density at radius 3 is 2.31 bits per heavy atom. The van der Waals surface area contributed by atoms with Crippen molar-refractivity contribution in [3.05, 3.63) is 89.5 Å². The first kappa shape index (κ1) is 17.6. The lowest BCUT2D eigenvalue weighted by molar-refractivity contribution is 0.304. The first-order valence-electron chi connectivity index (χ1n) is 8.64. The van der Waals surface area contributed by atoms with Crippen LogP contribution < -0.4 is 9.47 Å². The Morgan fingerprint density at radius 2 is 1.58 bits per heavy atom. The minimum Gasteiger partial charge on any atom is -0.489 e. The summed E-state index contributed by atoms with van der Waals surface area (Å²) in [5.41, 5.74) is 2.78. The van der Waals surface area contributed by atoms with Crippen molar-refractivity contribution in [2.45, 2.75) is 26.4 Å². The lowest BCUT2D eigenvalue weighted by Crippen LogP contribution is -1.98. The highest BCUT2D eigenvalue weighted by molar-refractivity contribution is 5.39. The molecule has 0 spiro atoms. The van der Waals surface area contributed by atoms with E-state index in [0.717, 1.165) is 11.3 Å². The van der Waals surface area contributed by atoms with Gasteiger partial charge in [-0.3, -0.25) is 0 Å². The largest absolute Gasteiger partial charge is 0.489 e. The molecule has 3 heteroatoms. The molecular formula is C23H21NO2. The smallest absolute Gasteiger partial charge is 0.131 e. The van der Waals surface area contributed by atoms with Crippen molar-refractivity contribution in [2.24, 2.45) is 0 Å². The van der Waals surface area contributed by atoms with Crippen LogP contribution in [-0.4, -0.2) is 0 Å². The van der Waals surface area contributed by atoms with Crippen LogP contribution in [0, 0.1) is 11.3 Å². The molecule has 3 aromatic carbocycles. The number of hydrogen-bond acceptors (Lipinski definition) is 3. The van der Waals surface area contributed by atoms with E-state index in [9.17, 15) is 0 Å². The normalized spacial score (nSPS) is 10.4. The molecule has 3 aromatic rings. The van der Waals surface area contributed by atoms with Gasteiger partial charge in [0.2, 0.25) is 0 Å². The van der Waals surface area contributed by atoms with E-state index in [1.807, 2.05) is 54.6 Å². The lowest BCUT2D eigenvalue weighted by Gasteiger charge is -2.11. The summed E-state index contributed by atoms with van der Waals surface area (Å²) in [6, 6.07) is 25.3. The van der Waals surface area contributed by atoms with E-state index in [2.05, 4.69) is 32.0 Å². The van der Waals surface area contributed by atoms with Crippen molar-refractivity contribution >= 4 is 0 Å². The molecule has 0 radical (unpaired) electrons. The van der Waals surface area contributed by atoms with Crippen molar-refractivity contribution in [3.63, 3.8) is 0 Å². The summed E-state index contributed by atoms with van der Waals surface area (Å²) in [7, 11) is 0. The van der Waals surface area contributed by atoms with Gasteiger partial charge in [0, 0.05) is 11.6 Å². The number of nitrogens with zero attached hydrogens (tertiary/aromatic N) is 1. The molecule has 26 heavy (non-hydrogen) atoms. The van der Waals surface area contributed by atoms with Crippen LogP contribution in [0.25, 0.3) is 0 Å². The molecule has 0 fully saturated rings. The molecule has 0 saturated heterocycles. The van der Waals surface area contributed by atoms with Gasteiger partial charge < -0.3 is 9.47 Å². The third-order valence-corrected chi connectivity index (χ3v) is 4.12. The monoisotopic (exact) mass is 343 g/mol. The molecule has 0 unspecified atom stereocenters. The Hall–Kier alpha value is -3.25. The molecule has 0 aliphatic carbocycles. The summed E-state index contributed by atoms with van der Waals surface area (Å²) in [6.45, 7) is 4.68. The van der Waals surface area contributed by atoms with E-state index in [-0.39, 0.29) is 0 Å². The average Bonchev–Trinajstić information content (AvgIpc) is 2.67. The van der Waals surface area contributed by atoms with Gasteiger partial charge in [-0.15, -0.1) is 0 Å². The van der Waals surface area contributed by atoms with Gasteiger partial charge in [0.05, 0.1) is 11.6 Å². The second-order valence-corrected chi connectivity index (χ2v) is 6.36. The van der Waals surface area contributed by atoms with Crippen LogP contribution in [0.1, 0.15) is 36.5 Å². The molecule has 130 valence electrons. The van der Waals surface area contributed by atoms with Crippen LogP contribution in [0.2, 0.25) is 0 Å². The maximum Gasteiger partial charge on any atom is 0.131 e. The van der Waals surface area contributed by atoms with E-state index >= 15 is 0 Å². The van der Waals surface area contributed by atoms with Crippen LogP contribution >= 0.6 is 0 Å². The number of rotatable bonds is 6. The standard InChI is InChI=1S/C23H21NO2/c1-17(2)18-10-12-21(13-11-18)26-23-9-5-8-22(14-23)25-16-20-7-4-3-6-19(20)15-24/h3-14,17H,16H2,1-2H3. The molecule has 0 amide bonds. The van der Waals surface area contributed by atoms with Gasteiger partial charge in [-0.1, -0.05) is 50.2 Å². The predicted molar refractivity (Wildman–Crippen MR) is 103 cm³/mol. The molecular weight excluding hydrogens is 322 g/mol. The lowest BCUT2D eigenvalue weighted by atomic mass is 10.0. The maximum absolute atomic E-state index is 9.15. The van der Waals surface area contributed by atoms with E-state index in [0.29, 0.717) is 29.6 Å². The van der Waals surface area contributed by atoms with Crippen LogP contribution in [0.4, 0.5) is 0 Å². The van der Waals surface area contributed by atoms with Gasteiger partial charge in [-0.25, -0.2) is 0 Å². The fraction of sp³-hybridized carbons (Fsp3) is 0.174. The van der Waals surface area contributed by atoms with Gasteiger partial charge in [-0.05, 0) is 41.8 Å². The average molecular weight is 343 g/mol. The minimum absolute atomic E-state index is 0.344. The molecule has 0 atom stereocenters. The second kappa shape index (κ2) is 8.22. The highest BCUT2D eigenvalue weighted by atomic mass is 16.5. The number of benzene rings is 3. The highest BCUT2D eigenvalue weighted by Gasteiger charge is 2.05. The third-order valence-electron chi connectivity index (χ3n) is 4.12. The molecule has 0 bridgehead atoms. The zero-order valence-corrected chi connectivity index (χ0v) is 15.0. The van der Waals surface area contributed by atoms with E-state index < -0.39 is 0 Å². The highest BCUT2D eigenvalue weighted by Crippen LogP contribution is 2.27. The van der Waals surface area contributed by atoms with Crippen LogP contribution in [-0.2, 0) is 6.61 Å². The molecule has 3 rings (SSSR count). The van der Waals surface area contributed by atoms with Crippen LogP contribution in [0.5, 0.6) is 17.2 Å². The molecule has 0 saturated carbocycles. The van der Waals surface area contributed by atoms with Crippen molar-refractivity contribution in [3.8, 4) is 23.3 Å². The predicted octanol–water partition coefficient (Wildman–Crippen LogP) is 6.05. The fourth-order valence-corrected chi connectivity index (χ4v) is 2.60. The van der Waals surface area contributed by atoms with E-state index in [1.165, 1.54) is 5.56 Å². The van der Waals surface area contributed by atoms with Gasteiger partial charge in [0.15, 0.2) is 0 Å². The summed E-state index contributed by atoms with van der Waals surface area (Å²) in [5.74, 6) is 2.71. The molecule has 0 aliphatic rings. The van der Waals surface area contributed by atoms with Crippen molar-refractivity contribution in [2.75, 3.05) is 0 Å². The Morgan fingerprint density at radius 1 is 0.846 bits per heavy atom. The number of nitriles is 1.